The van der Waals surface area contributed by atoms with Gasteiger partial charge in [-0.1, -0.05) is 18.5 Å². The van der Waals surface area contributed by atoms with Crippen molar-refractivity contribution in [3.8, 4) is 0 Å². The van der Waals surface area contributed by atoms with Crippen LogP contribution in [0.5, 0.6) is 0 Å². The van der Waals surface area contributed by atoms with E-state index in [-0.39, 0.29) is 5.91 Å². The zero-order valence-corrected chi connectivity index (χ0v) is 12.0. The largest absolute Gasteiger partial charge is 0.369 e. The molecule has 5 nitrogen and oxygen atoms in total. The highest BCUT2D eigenvalue weighted by Gasteiger charge is 2.22. The Labute approximate surface area is 118 Å². The molecule has 0 atom stereocenters. The van der Waals surface area contributed by atoms with Crippen LogP contribution in [0.2, 0.25) is 5.15 Å². The number of carbonyl (C=O) groups excluding carboxylic acids is 1. The molecule has 0 aliphatic heterocycles. The lowest BCUT2D eigenvalue weighted by Crippen LogP contribution is -2.27. The van der Waals surface area contributed by atoms with E-state index >= 15 is 0 Å². The molecule has 1 amide bonds. The minimum absolute atomic E-state index is 0.0866. The van der Waals surface area contributed by atoms with E-state index in [4.69, 9.17) is 11.6 Å². The van der Waals surface area contributed by atoms with Gasteiger partial charge in [-0.3, -0.25) is 4.79 Å². The van der Waals surface area contributed by atoms with Crippen molar-refractivity contribution in [1.29, 1.82) is 0 Å². The lowest BCUT2D eigenvalue weighted by molar-refractivity contribution is -0.120. The van der Waals surface area contributed by atoms with Gasteiger partial charge >= 0.3 is 0 Å². The Morgan fingerprint density at radius 2 is 2.16 bits per heavy atom. The van der Waals surface area contributed by atoms with Crippen LogP contribution in [-0.2, 0) is 11.2 Å². The number of hydrogen-bond donors (Lipinski definition) is 2. The summed E-state index contributed by atoms with van der Waals surface area (Å²) in [5.41, 5.74) is 0.821. The molecule has 0 bridgehead atoms. The first-order chi connectivity index (χ1) is 9.10. The molecule has 1 aliphatic rings. The first-order valence-electron chi connectivity index (χ1n) is 6.66. The van der Waals surface area contributed by atoms with Crippen LogP contribution >= 0.6 is 11.6 Å². The Morgan fingerprint density at radius 1 is 1.42 bits per heavy atom. The van der Waals surface area contributed by atoms with Crippen LogP contribution in [0.3, 0.4) is 0 Å². The first kappa shape index (κ1) is 14.1. The summed E-state index contributed by atoms with van der Waals surface area (Å²) in [7, 11) is 0. The molecular formula is C13H19ClN4O. The standard InChI is InChI=1S/C13H19ClN4O/c1-3-10-17-12(14)8(2)13(18-10)15-7-6-11(19)16-9-4-5-9/h9H,3-7H2,1-2H3,(H,16,19)(H,15,17,18). The number of aromatic nitrogens is 2. The number of carbonyl (C=O) groups is 1. The van der Waals surface area contributed by atoms with Crippen LogP contribution in [0.1, 0.15) is 37.6 Å². The number of anilines is 1. The van der Waals surface area contributed by atoms with Crippen LogP contribution in [0.4, 0.5) is 5.82 Å². The highest BCUT2D eigenvalue weighted by molar-refractivity contribution is 6.30. The van der Waals surface area contributed by atoms with Gasteiger partial charge in [-0.15, -0.1) is 0 Å². The van der Waals surface area contributed by atoms with Gasteiger partial charge in [-0.05, 0) is 19.8 Å². The summed E-state index contributed by atoms with van der Waals surface area (Å²) in [4.78, 5) is 20.1. The van der Waals surface area contributed by atoms with Gasteiger partial charge in [0.15, 0.2) is 0 Å². The predicted molar refractivity (Wildman–Crippen MR) is 75.4 cm³/mol. The Hall–Kier alpha value is -1.36. The lowest BCUT2D eigenvalue weighted by Gasteiger charge is -2.10. The second-order valence-corrected chi connectivity index (χ2v) is 5.13. The second kappa shape index (κ2) is 6.19. The van der Waals surface area contributed by atoms with Gasteiger partial charge < -0.3 is 10.6 Å². The van der Waals surface area contributed by atoms with Gasteiger partial charge in [-0.25, -0.2) is 9.97 Å². The third-order valence-corrected chi connectivity index (χ3v) is 3.40. The normalized spacial score (nSPS) is 14.3. The number of aryl methyl sites for hydroxylation is 1. The zero-order valence-electron chi connectivity index (χ0n) is 11.3. The van der Waals surface area contributed by atoms with Crippen LogP contribution < -0.4 is 10.6 Å². The third kappa shape index (κ3) is 4.06. The maximum Gasteiger partial charge on any atom is 0.221 e. The summed E-state index contributed by atoms with van der Waals surface area (Å²) in [6.45, 7) is 4.40. The quantitative estimate of drug-likeness (QED) is 0.784. The first-order valence-corrected chi connectivity index (χ1v) is 7.04. The van der Waals surface area contributed by atoms with E-state index in [9.17, 15) is 4.79 Å². The average molecular weight is 283 g/mol. The van der Waals surface area contributed by atoms with Crippen molar-refractivity contribution < 1.29 is 4.79 Å². The van der Waals surface area contributed by atoms with Crippen LogP contribution in [0.25, 0.3) is 0 Å². The smallest absolute Gasteiger partial charge is 0.221 e. The summed E-state index contributed by atoms with van der Waals surface area (Å²) in [6.07, 6.45) is 3.40. The molecule has 1 aromatic heterocycles. The van der Waals surface area contributed by atoms with Crippen molar-refractivity contribution in [1.82, 2.24) is 15.3 Å². The van der Waals surface area contributed by atoms with E-state index in [0.717, 1.165) is 30.6 Å². The van der Waals surface area contributed by atoms with Crippen molar-refractivity contribution >= 4 is 23.3 Å². The number of amides is 1. The van der Waals surface area contributed by atoms with Gasteiger partial charge in [0.1, 0.15) is 16.8 Å². The number of nitrogens with zero attached hydrogens (tertiary/aromatic N) is 2. The number of rotatable bonds is 6. The van der Waals surface area contributed by atoms with Gasteiger partial charge in [0.2, 0.25) is 5.91 Å². The maximum absolute atomic E-state index is 11.5. The third-order valence-electron chi connectivity index (χ3n) is 3.04. The maximum atomic E-state index is 11.5. The molecule has 0 unspecified atom stereocenters. The monoisotopic (exact) mass is 282 g/mol. The van der Waals surface area contributed by atoms with E-state index in [2.05, 4.69) is 20.6 Å². The molecule has 104 valence electrons. The molecule has 1 aromatic rings. The van der Waals surface area contributed by atoms with Crippen LogP contribution in [0.15, 0.2) is 0 Å². The molecule has 19 heavy (non-hydrogen) atoms. The topological polar surface area (TPSA) is 66.9 Å². The molecule has 1 fully saturated rings. The minimum atomic E-state index is 0.0866. The number of hydrogen-bond acceptors (Lipinski definition) is 4. The molecule has 1 saturated carbocycles. The van der Waals surface area contributed by atoms with Gasteiger partial charge in [0, 0.05) is 31.0 Å². The van der Waals surface area contributed by atoms with E-state index in [1.807, 2.05) is 13.8 Å². The van der Waals surface area contributed by atoms with Gasteiger partial charge in [0.25, 0.3) is 0 Å². The summed E-state index contributed by atoms with van der Waals surface area (Å²) in [6, 6.07) is 0.412. The summed E-state index contributed by atoms with van der Waals surface area (Å²) >= 11 is 6.05. The highest BCUT2D eigenvalue weighted by Crippen LogP contribution is 2.20. The summed E-state index contributed by atoms with van der Waals surface area (Å²) < 4.78 is 0. The SMILES string of the molecule is CCc1nc(Cl)c(C)c(NCCC(=O)NC2CC2)n1. The molecule has 0 aromatic carbocycles. The predicted octanol–water partition coefficient (Wildman–Crippen LogP) is 2.08. The molecule has 0 spiro atoms. The fourth-order valence-corrected chi connectivity index (χ4v) is 1.87. The second-order valence-electron chi connectivity index (χ2n) is 4.78. The Balaban J connectivity index is 1.87. The fraction of sp³-hybridized carbons (Fsp3) is 0.615. The lowest BCUT2D eigenvalue weighted by atomic mass is 10.3. The Kier molecular flexibility index (Phi) is 4.58. The number of nitrogens with one attached hydrogen (secondary N) is 2. The van der Waals surface area contributed by atoms with E-state index in [1.54, 1.807) is 0 Å². The Morgan fingerprint density at radius 3 is 2.79 bits per heavy atom. The van der Waals surface area contributed by atoms with Crippen molar-refractivity contribution in [2.45, 2.75) is 45.6 Å². The van der Waals surface area contributed by atoms with Crippen LogP contribution in [-0.4, -0.2) is 28.5 Å². The molecule has 2 N–H and O–H groups in total. The van der Waals surface area contributed by atoms with Gasteiger partial charge in [-0.2, -0.15) is 0 Å². The highest BCUT2D eigenvalue weighted by atomic mass is 35.5. The van der Waals surface area contributed by atoms with Crippen molar-refractivity contribution in [2.75, 3.05) is 11.9 Å². The fourth-order valence-electron chi connectivity index (χ4n) is 1.68. The average Bonchev–Trinajstić information content (AvgIpc) is 3.18. The van der Waals surface area contributed by atoms with Gasteiger partial charge in [0.05, 0.1) is 0 Å². The van der Waals surface area contributed by atoms with Crippen molar-refractivity contribution in [2.24, 2.45) is 0 Å². The van der Waals surface area contributed by atoms with E-state index in [1.165, 1.54) is 0 Å². The summed E-state index contributed by atoms with van der Waals surface area (Å²) in [5.74, 6) is 1.51. The number of halogens is 1. The molecule has 6 heteroatoms. The van der Waals surface area contributed by atoms with E-state index in [0.29, 0.717) is 30.0 Å². The van der Waals surface area contributed by atoms with Crippen LogP contribution in [0, 0.1) is 6.92 Å². The van der Waals surface area contributed by atoms with E-state index < -0.39 is 0 Å². The van der Waals surface area contributed by atoms with Crippen molar-refractivity contribution in [3.63, 3.8) is 0 Å². The summed E-state index contributed by atoms with van der Waals surface area (Å²) in [5, 5.41) is 6.58. The molecular weight excluding hydrogens is 264 g/mol. The molecule has 1 heterocycles. The molecule has 2 rings (SSSR count). The molecule has 0 saturated heterocycles. The molecule has 0 radical (unpaired) electrons. The van der Waals surface area contributed by atoms with Crippen molar-refractivity contribution in [3.05, 3.63) is 16.5 Å². The Bertz CT molecular complexity index is 474. The molecule has 1 aliphatic carbocycles. The zero-order chi connectivity index (χ0) is 13.8. The minimum Gasteiger partial charge on any atom is -0.369 e.